The maximum Gasteiger partial charge on any atom is 0.294 e. The summed E-state index contributed by atoms with van der Waals surface area (Å²) in [6.07, 6.45) is 1.64. The van der Waals surface area contributed by atoms with Crippen molar-refractivity contribution in [1.82, 2.24) is 4.90 Å². The van der Waals surface area contributed by atoms with Gasteiger partial charge in [-0.1, -0.05) is 17.7 Å². The zero-order chi connectivity index (χ0) is 22.9. The number of hydrogen-bond donors (Lipinski definition) is 1. The standard InChI is InChI=1S/C22H20I2N2O4S/c1-11-5-12(2)19(13(3)6-11)25-18(27)10-26-21(28)17(31-22(26)29)8-14-7-15(23)9-16(24)20(14)30-4/h5-9H,10H2,1-4H3,(H,25,27)/b17-8+. The number of hydrogen-bond acceptors (Lipinski definition) is 5. The van der Waals surface area contributed by atoms with E-state index in [0.29, 0.717) is 17.0 Å². The molecule has 31 heavy (non-hydrogen) atoms. The summed E-state index contributed by atoms with van der Waals surface area (Å²) in [7, 11) is 1.56. The monoisotopic (exact) mass is 662 g/mol. The van der Waals surface area contributed by atoms with Crippen LogP contribution in [0.5, 0.6) is 5.75 Å². The molecule has 0 atom stereocenters. The molecule has 6 nitrogen and oxygen atoms in total. The fourth-order valence-electron chi connectivity index (χ4n) is 3.38. The number of nitrogens with one attached hydrogen (secondary N) is 1. The minimum atomic E-state index is -0.488. The zero-order valence-electron chi connectivity index (χ0n) is 17.3. The van der Waals surface area contributed by atoms with Gasteiger partial charge in [0, 0.05) is 14.8 Å². The van der Waals surface area contributed by atoms with Crippen molar-refractivity contribution in [3.63, 3.8) is 0 Å². The molecule has 3 rings (SSSR count). The molecule has 1 fully saturated rings. The summed E-state index contributed by atoms with van der Waals surface area (Å²) < 4.78 is 7.34. The number of amides is 3. The summed E-state index contributed by atoms with van der Waals surface area (Å²) >= 11 is 5.17. The highest BCUT2D eigenvalue weighted by molar-refractivity contribution is 14.1. The number of benzene rings is 2. The molecule has 162 valence electrons. The first kappa shape index (κ1) is 24.1. The smallest absolute Gasteiger partial charge is 0.294 e. The van der Waals surface area contributed by atoms with Crippen LogP contribution >= 0.6 is 56.9 Å². The average Bonchev–Trinajstić information content (AvgIpc) is 2.92. The molecule has 1 saturated heterocycles. The quantitative estimate of drug-likeness (QED) is 0.338. The molecule has 0 radical (unpaired) electrons. The van der Waals surface area contributed by atoms with Gasteiger partial charge in [0.1, 0.15) is 12.3 Å². The van der Waals surface area contributed by atoms with Crippen molar-refractivity contribution in [2.75, 3.05) is 19.0 Å². The van der Waals surface area contributed by atoms with E-state index in [2.05, 4.69) is 50.5 Å². The molecule has 1 aliphatic rings. The lowest BCUT2D eigenvalue weighted by atomic mass is 10.1. The largest absolute Gasteiger partial charge is 0.495 e. The Morgan fingerprint density at radius 2 is 1.77 bits per heavy atom. The minimum Gasteiger partial charge on any atom is -0.495 e. The summed E-state index contributed by atoms with van der Waals surface area (Å²) in [5, 5.41) is 2.37. The van der Waals surface area contributed by atoms with Gasteiger partial charge in [0.05, 0.1) is 15.6 Å². The van der Waals surface area contributed by atoms with Crippen molar-refractivity contribution in [2.45, 2.75) is 20.8 Å². The van der Waals surface area contributed by atoms with E-state index < -0.39 is 17.1 Å². The van der Waals surface area contributed by atoms with Gasteiger partial charge in [-0.25, -0.2) is 0 Å². The highest BCUT2D eigenvalue weighted by Gasteiger charge is 2.36. The van der Waals surface area contributed by atoms with Crippen molar-refractivity contribution < 1.29 is 19.1 Å². The number of imide groups is 1. The summed E-state index contributed by atoms with van der Waals surface area (Å²) in [5.74, 6) is -0.269. The molecule has 0 bridgehead atoms. The molecule has 0 aliphatic carbocycles. The Morgan fingerprint density at radius 3 is 2.39 bits per heavy atom. The number of halogens is 2. The lowest BCUT2D eigenvalue weighted by Crippen LogP contribution is -2.36. The van der Waals surface area contributed by atoms with E-state index in [4.69, 9.17) is 4.74 Å². The van der Waals surface area contributed by atoms with Crippen molar-refractivity contribution in [3.05, 3.63) is 58.6 Å². The minimum absolute atomic E-state index is 0.261. The van der Waals surface area contributed by atoms with Crippen molar-refractivity contribution >= 4 is 85.8 Å². The second-order valence-electron chi connectivity index (χ2n) is 7.10. The van der Waals surface area contributed by atoms with E-state index in [1.165, 1.54) is 0 Å². The van der Waals surface area contributed by atoms with Crippen LogP contribution in [0.4, 0.5) is 10.5 Å². The Kier molecular flexibility index (Phi) is 7.68. The Bertz CT molecular complexity index is 1110. The maximum atomic E-state index is 12.8. The number of nitrogens with zero attached hydrogens (tertiary/aromatic N) is 1. The highest BCUT2D eigenvalue weighted by atomic mass is 127. The van der Waals surface area contributed by atoms with Crippen LogP contribution in [0.1, 0.15) is 22.3 Å². The first-order valence-corrected chi connectivity index (χ1v) is 12.2. The second kappa shape index (κ2) is 9.90. The van der Waals surface area contributed by atoms with Gasteiger partial charge in [0.25, 0.3) is 11.1 Å². The molecule has 9 heteroatoms. The zero-order valence-corrected chi connectivity index (χ0v) is 22.5. The number of thioether (sulfide) groups is 1. The highest BCUT2D eigenvalue weighted by Crippen LogP contribution is 2.36. The number of rotatable bonds is 5. The molecule has 0 saturated carbocycles. The van der Waals surface area contributed by atoms with Crippen LogP contribution in [0.3, 0.4) is 0 Å². The molecule has 0 unspecified atom stereocenters. The second-order valence-corrected chi connectivity index (χ2v) is 10.5. The lowest BCUT2D eigenvalue weighted by molar-refractivity contribution is -0.127. The fraction of sp³-hybridized carbons (Fsp3) is 0.227. The van der Waals surface area contributed by atoms with Gasteiger partial charge >= 0.3 is 0 Å². The first-order chi connectivity index (χ1) is 14.6. The van der Waals surface area contributed by atoms with E-state index in [-0.39, 0.29) is 11.4 Å². The van der Waals surface area contributed by atoms with Gasteiger partial charge < -0.3 is 10.1 Å². The van der Waals surface area contributed by atoms with Crippen LogP contribution < -0.4 is 10.1 Å². The number of ether oxygens (including phenoxy) is 1. The van der Waals surface area contributed by atoms with Crippen molar-refractivity contribution in [1.29, 1.82) is 0 Å². The Labute approximate surface area is 212 Å². The number of anilines is 1. The first-order valence-electron chi connectivity index (χ1n) is 9.26. The Hall–Kier alpha value is -1.60. The summed E-state index contributed by atoms with van der Waals surface area (Å²) in [6, 6.07) is 7.79. The molecular formula is C22H20I2N2O4S. The molecule has 2 aromatic rings. The lowest BCUT2D eigenvalue weighted by Gasteiger charge is -2.16. The van der Waals surface area contributed by atoms with Crippen LogP contribution in [0.15, 0.2) is 29.2 Å². The normalized spacial score (nSPS) is 15.0. The Morgan fingerprint density at radius 1 is 1.13 bits per heavy atom. The van der Waals surface area contributed by atoms with Crippen LogP contribution in [0.25, 0.3) is 6.08 Å². The Balaban J connectivity index is 1.80. The van der Waals surface area contributed by atoms with E-state index in [9.17, 15) is 14.4 Å². The maximum absolute atomic E-state index is 12.8. The van der Waals surface area contributed by atoms with E-state index in [1.54, 1.807) is 13.2 Å². The topological polar surface area (TPSA) is 75.7 Å². The molecule has 1 N–H and O–H groups in total. The third-order valence-corrected chi connectivity index (χ3v) is 6.98. The van der Waals surface area contributed by atoms with Gasteiger partial charge in [-0.15, -0.1) is 0 Å². The van der Waals surface area contributed by atoms with Gasteiger partial charge in [0.2, 0.25) is 5.91 Å². The molecular weight excluding hydrogens is 642 g/mol. The third-order valence-electron chi connectivity index (χ3n) is 4.64. The summed E-state index contributed by atoms with van der Waals surface area (Å²) in [5.41, 5.74) is 4.38. The van der Waals surface area contributed by atoms with Crippen LogP contribution in [-0.4, -0.2) is 35.6 Å². The number of aryl methyl sites for hydroxylation is 3. The number of methoxy groups -OCH3 is 1. The van der Waals surface area contributed by atoms with Crippen LogP contribution in [0, 0.1) is 27.9 Å². The van der Waals surface area contributed by atoms with Gasteiger partial charge in [-0.2, -0.15) is 0 Å². The van der Waals surface area contributed by atoms with E-state index in [0.717, 1.165) is 40.5 Å². The molecule has 1 heterocycles. The fourth-order valence-corrected chi connectivity index (χ4v) is 6.32. The summed E-state index contributed by atoms with van der Waals surface area (Å²) in [6.45, 7) is 5.47. The molecule has 2 aromatic carbocycles. The van der Waals surface area contributed by atoms with Crippen molar-refractivity contribution in [3.8, 4) is 5.75 Å². The van der Waals surface area contributed by atoms with Crippen LogP contribution in [-0.2, 0) is 9.59 Å². The number of carbonyl (C=O) groups excluding carboxylic acids is 3. The summed E-state index contributed by atoms with van der Waals surface area (Å²) in [4.78, 5) is 39.1. The molecule has 0 spiro atoms. The van der Waals surface area contributed by atoms with Gasteiger partial charge in [-0.3, -0.25) is 19.3 Å². The van der Waals surface area contributed by atoms with Crippen molar-refractivity contribution in [2.24, 2.45) is 0 Å². The predicted molar refractivity (Wildman–Crippen MR) is 140 cm³/mol. The number of carbonyl (C=O) groups is 3. The molecule has 1 aliphatic heterocycles. The molecule has 3 amide bonds. The van der Waals surface area contributed by atoms with E-state index in [1.807, 2.05) is 45.0 Å². The average molecular weight is 662 g/mol. The van der Waals surface area contributed by atoms with E-state index >= 15 is 0 Å². The third kappa shape index (κ3) is 5.43. The SMILES string of the molecule is COc1c(I)cc(I)cc1/C=C1/SC(=O)N(CC(=O)Nc2c(C)cc(C)cc2C)C1=O. The van der Waals surface area contributed by atoms with Gasteiger partial charge in [-0.05, 0) is 107 Å². The predicted octanol–water partition coefficient (Wildman–Crippen LogP) is 5.50. The van der Waals surface area contributed by atoms with Crippen LogP contribution in [0.2, 0.25) is 0 Å². The van der Waals surface area contributed by atoms with Gasteiger partial charge in [0.15, 0.2) is 0 Å². The molecule has 0 aromatic heterocycles.